The minimum absolute atomic E-state index is 0.0923. The zero-order chi connectivity index (χ0) is 19.6. The predicted octanol–water partition coefficient (Wildman–Crippen LogP) is 3.61. The van der Waals surface area contributed by atoms with Crippen LogP contribution in [-0.2, 0) is 6.54 Å². The fourth-order valence-electron chi connectivity index (χ4n) is 4.94. The first-order valence-electron chi connectivity index (χ1n) is 10.4. The molecule has 0 aromatic carbocycles. The van der Waals surface area contributed by atoms with Gasteiger partial charge in [-0.25, -0.2) is 0 Å². The average Bonchev–Trinajstić information content (AvgIpc) is 2.68. The third-order valence-electron chi connectivity index (χ3n) is 6.23. The quantitative estimate of drug-likeness (QED) is 0.819. The summed E-state index contributed by atoms with van der Waals surface area (Å²) in [5.74, 6) is 0.0923. The Morgan fingerprint density at radius 3 is 2.68 bits per heavy atom. The number of nitrogens with zero attached hydrogens (tertiary/aromatic N) is 4. The van der Waals surface area contributed by atoms with Crippen LogP contribution in [0.4, 0.5) is 0 Å². The fraction of sp³-hybridized carbons (Fsp3) is 0.522. The van der Waals surface area contributed by atoms with E-state index < -0.39 is 0 Å². The van der Waals surface area contributed by atoms with Gasteiger partial charge in [0.25, 0.3) is 5.91 Å². The summed E-state index contributed by atoms with van der Waals surface area (Å²) in [5, 5.41) is 0. The van der Waals surface area contributed by atoms with E-state index in [-0.39, 0.29) is 11.3 Å². The minimum Gasteiger partial charge on any atom is -0.337 e. The normalized spacial score (nSPS) is 23.1. The highest BCUT2D eigenvalue weighted by Gasteiger charge is 2.40. The molecule has 1 atom stereocenters. The first-order valence-corrected chi connectivity index (χ1v) is 10.4. The molecule has 2 aromatic rings. The molecule has 2 saturated heterocycles. The summed E-state index contributed by atoms with van der Waals surface area (Å²) >= 11 is 0. The highest BCUT2D eigenvalue weighted by molar-refractivity contribution is 5.93. The molecule has 1 spiro atoms. The van der Waals surface area contributed by atoms with Gasteiger partial charge >= 0.3 is 0 Å². The number of carbonyl (C=O) groups is 1. The lowest BCUT2D eigenvalue weighted by Crippen LogP contribution is -2.53. The SMILES string of the molecule is Cc1cccc(CN2CCCC3(CCCN(C(=O)c4ncccc4C)C3)C2)n1. The molecule has 1 unspecified atom stereocenters. The molecule has 2 fully saturated rings. The molecule has 0 radical (unpaired) electrons. The molecule has 0 aliphatic carbocycles. The van der Waals surface area contributed by atoms with Crippen molar-refractivity contribution in [2.24, 2.45) is 5.41 Å². The Kier molecular flexibility index (Phi) is 5.44. The number of rotatable bonds is 3. The van der Waals surface area contributed by atoms with Crippen molar-refractivity contribution in [2.75, 3.05) is 26.2 Å². The second-order valence-electron chi connectivity index (χ2n) is 8.58. The Bertz CT molecular complexity index is 848. The van der Waals surface area contributed by atoms with Gasteiger partial charge in [-0.2, -0.15) is 0 Å². The molecule has 2 aromatic heterocycles. The zero-order valence-electron chi connectivity index (χ0n) is 17.0. The molecule has 0 saturated carbocycles. The van der Waals surface area contributed by atoms with Crippen LogP contribution in [0, 0.1) is 19.3 Å². The smallest absolute Gasteiger partial charge is 0.272 e. The van der Waals surface area contributed by atoms with Gasteiger partial charge in [-0.05, 0) is 69.8 Å². The minimum atomic E-state index is 0.0923. The number of pyridine rings is 2. The molecule has 28 heavy (non-hydrogen) atoms. The van der Waals surface area contributed by atoms with Crippen molar-refractivity contribution in [3.63, 3.8) is 0 Å². The number of carbonyl (C=O) groups excluding carboxylic acids is 1. The molecule has 4 rings (SSSR count). The molecule has 0 N–H and O–H groups in total. The van der Waals surface area contributed by atoms with Crippen molar-refractivity contribution < 1.29 is 4.79 Å². The van der Waals surface area contributed by atoms with Crippen LogP contribution in [0.2, 0.25) is 0 Å². The Morgan fingerprint density at radius 1 is 1.07 bits per heavy atom. The van der Waals surface area contributed by atoms with Crippen LogP contribution in [0.15, 0.2) is 36.5 Å². The Balaban J connectivity index is 1.46. The molecule has 2 aliphatic rings. The van der Waals surface area contributed by atoms with Gasteiger partial charge in [0, 0.05) is 43.5 Å². The molecule has 148 valence electrons. The van der Waals surface area contributed by atoms with E-state index in [1.165, 1.54) is 19.3 Å². The van der Waals surface area contributed by atoms with Gasteiger partial charge in [-0.3, -0.25) is 19.7 Å². The van der Waals surface area contributed by atoms with Crippen molar-refractivity contribution in [3.8, 4) is 0 Å². The Labute approximate surface area is 167 Å². The van der Waals surface area contributed by atoms with Crippen LogP contribution in [0.1, 0.15) is 53.1 Å². The lowest BCUT2D eigenvalue weighted by Gasteiger charge is -2.48. The fourth-order valence-corrected chi connectivity index (χ4v) is 4.94. The van der Waals surface area contributed by atoms with Gasteiger partial charge in [0.1, 0.15) is 5.69 Å². The molecule has 2 aliphatic heterocycles. The van der Waals surface area contributed by atoms with Gasteiger partial charge in [-0.1, -0.05) is 12.1 Å². The number of hydrogen-bond acceptors (Lipinski definition) is 4. The third-order valence-corrected chi connectivity index (χ3v) is 6.23. The average molecular weight is 379 g/mol. The molecular weight excluding hydrogens is 348 g/mol. The molecule has 5 heteroatoms. The Morgan fingerprint density at radius 2 is 1.89 bits per heavy atom. The van der Waals surface area contributed by atoms with Crippen LogP contribution in [0.3, 0.4) is 0 Å². The van der Waals surface area contributed by atoms with Gasteiger partial charge in [0.05, 0.1) is 5.69 Å². The van der Waals surface area contributed by atoms with E-state index in [0.717, 1.165) is 56.1 Å². The van der Waals surface area contributed by atoms with E-state index in [1.54, 1.807) is 6.20 Å². The Hall–Kier alpha value is -2.27. The maximum Gasteiger partial charge on any atom is 0.272 e. The lowest BCUT2D eigenvalue weighted by molar-refractivity contribution is 0.0107. The van der Waals surface area contributed by atoms with Crippen molar-refractivity contribution in [3.05, 3.63) is 59.2 Å². The largest absolute Gasteiger partial charge is 0.337 e. The summed E-state index contributed by atoms with van der Waals surface area (Å²) in [6.45, 7) is 8.77. The van der Waals surface area contributed by atoms with E-state index in [0.29, 0.717) is 5.69 Å². The number of amides is 1. The van der Waals surface area contributed by atoms with E-state index >= 15 is 0 Å². The van der Waals surface area contributed by atoms with E-state index in [4.69, 9.17) is 0 Å². The van der Waals surface area contributed by atoms with Gasteiger partial charge in [-0.15, -0.1) is 0 Å². The number of hydrogen-bond donors (Lipinski definition) is 0. The van der Waals surface area contributed by atoms with Crippen molar-refractivity contribution >= 4 is 5.91 Å². The van der Waals surface area contributed by atoms with Crippen molar-refractivity contribution in [1.82, 2.24) is 19.8 Å². The zero-order valence-corrected chi connectivity index (χ0v) is 17.0. The van der Waals surface area contributed by atoms with Crippen LogP contribution < -0.4 is 0 Å². The second kappa shape index (κ2) is 8.00. The summed E-state index contributed by atoms with van der Waals surface area (Å²) in [6.07, 6.45) is 6.40. The molecule has 1 amide bonds. The number of aryl methyl sites for hydroxylation is 2. The number of piperidine rings is 2. The monoisotopic (exact) mass is 378 g/mol. The van der Waals surface area contributed by atoms with Gasteiger partial charge < -0.3 is 4.90 Å². The highest BCUT2D eigenvalue weighted by Crippen LogP contribution is 2.39. The number of aromatic nitrogens is 2. The first kappa shape index (κ1) is 19.1. The van der Waals surface area contributed by atoms with Gasteiger partial charge in [0.15, 0.2) is 0 Å². The van der Waals surface area contributed by atoms with Crippen LogP contribution in [0.5, 0.6) is 0 Å². The maximum atomic E-state index is 13.1. The molecule has 4 heterocycles. The summed E-state index contributed by atoms with van der Waals surface area (Å²) in [4.78, 5) is 26.7. The van der Waals surface area contributed by atoms with E-state index in [2.05, 4.69) is 27.0 Å². The molecule has 0 bridgehead atoms. The molecular formula is C23H30N4O. The first-order chi connectivity index (χ1) is 13.5. The van der Waals surface area contributed by atoms with Crippen molar-refractivity contribution in [1.29, 1.82) is 0 Å². The number of likely N-dealkylation sites (tertiary alicyclic amines) is 2. The van der Waals surface area contributed by atoms with E-state index in [9.17, 15) is 4.79 Å². The highest BCUT2D eigenvalue weighted by atomic mass is 16.2. The van der Waals surface area contributed by atoms with Crippen LogP contribution in [0.25, 0.3) is 0 Å². The third kappa shape index (κ3) is 4.09. The summed E-state index contributed by atoms with van der Waals surface area (Å²) in [5.41, 5.74) is 3.99. The maximum absolute atomic E-state index is 13.1. The van der Waals surface area contributed by atoms with Crippen LogP contribution in [-0.4, -0.2) is 51.9 Å². The summed E-state index contributed by atoms with van der Waals surface area (Å²) < 4.78 is 0. The van der Waals surface area contributed by atoms with Crippen molar-refractivity contribution in [2.45, 2.75) is 46.1 Å². The van der Waals surface area contributed by atoms with E-state index in [1.807, 2.05) is 36.9 Å². The summed E-state index contributed by atoms with van der Waals surface area (Å²) in [7, 11) is 0. The summed E-state index contributed by atoms with van der Waals surface area (Å²) in [6, 6.07) is 10.1. The lowest BCUT2D eigenvalue weighted by atomic mass is 9.73. The predicted molar refractivity (Wildman–Crippen MR) is 110 cm³/mol. The van der Waals surface area contributed by atoms with Crippen LogP contribution >= 0.6 is 0 Å². The molecule has 5 nitrogen and oxygen atoms in total. The van der Waals surface area contributed by atoms with Gasteiger partial charge in [0.2, 0.25) is 0 Å². The standard InChI is InChI=1S/C23H30N4O/c1-18-7-4-12-24-21(18)22(28)27-14-6-11-23(17-27)10-5-13-26(16-23)15-20-9-3-8-19(2)25-20/h3-4,7-9,12H,5-6,10-11,13-17H2,1-2H3. The topological polar surface area (TPSA) is 49.3 Å². The second-order valence-corrected chi connectivity index (χ2v) is 8.58.